The van der Waals surface area contributed by atoms with Crippen molar-refractivity contribution in [1.82, 2.24) is 4.90 Å². The number of benzene rings is 1. The second kappa shape index (κ2) is 7.00. The molecule has 0 spiro atoms. The minimum atomic E-state index is -3.05. The topological polar surface area (TPSA) is 70.1 Å². The van der Waals surface area contributed by atoms with Crippen molar-refractivity contribution in [3.63, 3.8) is 0 Å². The van der Waals surface area contributed by atoms with Crippen molar-refractivity contribution < 1.29 is 13.2 Å². The van der Waals surface area contributed by atoms with Crippen LogP contribution in [0.2, 0.25) is 0 Å². The van der Waals surface area contributed by atoms with E-state index in [1.54, 1.807) is 23.1 Å². The number of carbonyl (C=O) groups is 1. The maximum absolute atomic E-state index is 12.9. The number of anilines is 1. The molecule has 1 amide bonds. The molecular formula is C18H23N3O3S. The van der Waals surface area contributed by atoms with E-state index in [1.807, 2.05) is 24.1 Å². The predicted molar refractivity (Wildman–Crippen MR) is 99.8 cm³/mol. The first kappa shape index (κ1) is 17.7. The minimum absolute atomic E-state index is 0.0342. The van der Waals surface area contributed by atoms with Crippen molar-refractivity contribution in [1.29, 1.82) is 0 Å². The molecule has 0 aliphatic carbocycles. The number of carbonyl (C=O) groups excluding carboxylic acids is 1. The average Bonchev–Trinajstić information content (AvgIpc) is 3.17. The highest BCUT2D eigenvalue weighted by Crippen LogP contribution is 2.23. The van der Waals surface area contributed by atoms with E-state index in [0.717, 1.165) is 24.4 Å². The summed E-state index contributed by atoms with van der Waals surface area (Å²) in [5.41, 5.74) is 2.60. The van der Waals surface area contributed by atoms with Crippen molar-refractivity contribution in [3.05, 3.63) is 42.5 Å². The lowest BCUT2D eigenvalue weighted by atomic mass is 10.1. The van der Waals surface area contributed by atoms with Crippen LogP contribution >= 0.6 is 0 Å². The second-order valence-electron chi connectivity index (χ2n) is 6.56. The van der Waals surface area contributed by atoms with Gasteiger partial charge in [0.25, 0.3) is 5.91 Å². The van der Waals surface area contributed by atoms with Gasteiger partial charge in [-0.3, -0.25) is 9.80 Å². The molecule has 0 aromatic heterocycles. The predicted octanol–water partition coefficient (Wildman–Crippen LogP) is 2.09. The number of hydrogen-bond donors (Lipinski definition) is 0. The average molecular weight is 361 g/mol. The highest BCUT2D eigenvalue weighted by Gasteiger charge is 2.34. The Bertz CT molecular complexity index is 799. The molecule has 1 atom stereocenters. The van der Waals surface area contributed by atoms with Crippen molar-refractivity contribution in [2.45, 2.75) is 25.8 Å². The molecule has 0 bridgehead atoms. The van der Waals surface area contributed by atoms with E-state index in [1.165, 1.54) is 0 Å². The third-order valence-electron chi connectivity index (χ3n) is 4.62. The van der Waals surface area contributed by atoms with Crippen LogP contribution in [0.3, 0.4) is 0 Å². The maximum atomic E-state index is 12.9. The molecule has 1 aromatic carbocycles. The Hall–Kier alpha value is -2.15. The van der Waals surface area contributed by atoms with Gasteiger partial charge in [-0.1, -0.05) is 6.08 Å². The Labute approximate surface area is 148 Å². The van der Waals surface area contributed by atoms with Gasteiger partial charge in [-0.05, 0) is 37.6 Å². The number of rotatable bonds is 5. The lowest BCUT2D eigenvalue weighted by Crippen LogP contribution is -2.41. The Morgan fingerprint density at radius 1 is 1.40 bits per heavy atom. The van der Waals surface area contributed by atoms with Gasteiger partial charge in [-0.15, -0.1) is 6.58 Å². The molecule has 2 heterocycles. The molecule has 2 aliphatic rings. The van der Waals surface area contributed by atoms with E-state index in [0.29, 0.717) is 18.5 Å². The second-order valence-corrected chi connectivity index (χ2v) is 8.79. The molecular weight excluding hydrogens is 338 g/mol. The number of amides is 1. The molecule has 0 radical (unpaired) electrons. The fourth-order valence-electron chi connectivity index (χ4n) is 3.26. The van der Waals surface area contributed by atoms with Crippen LogP contribution in [0.1, 0.15) is 30.1 Å². The third-order valence-corrected chi connectivity index (χ3v) is 6.38. The summed E-state index contributed by atoms with van der Waals surface area (Å²) in [4.78, 5) is 14.5. The minimum Gasteiger partial charge on any atom is -0.331 e. The Balaban J connectivity index is 1.77. The van der Waals surface area contributed by atoms with Gasteiger partial charge in [-0.2, -0.15) is 5.10 Å². The number of hydrazone groups is 1. The Kier molecular flexibility index (Phi) is 4.94. The lowest BCUT2D eigenvalue weighted by molar-refractivity contribution is 0.0720. The van der Waals surface area contributed by atoms with Gasteiger partial charge in [0.05, 0.1) is 17.2 Å². The van der Waals surface area contributed by atoms with Crippen LogP contribution in [-0.2, 0) is 9.84 Å². The fraction of sp³-hybridized carbons (Fsp3) is 0.444. The largest absolute Gasteiger partial charge is 0.331 e. The van der Waals surface area contributed by atoms with E-state index in [4.69, 9.17) is 0 Å². The highest BCUT2D eigenvalue weighted by atomic mass is 32.2. The summed E-state index contributed by atoms with van der Waals surface area (Å²) < 4.78 is 23.5. The van der Waals surface area contributed by atoms with E-state index in [-0.39, 0.29) is 23.5 Å². The van der Waals surface area contributed by atoms with E-state index < -0.39 is 9.84 Å². The zero-order chi connectivity index (χ0) is 18.0. The zero-order valence-corrected chi connectivity index (χ0v) is 15.2. The van der Waals surface area contributed by atoms with Crippen molar-refractivity contribution in [3.8, 4) is 0 Å². The molecule has 0 unspecified atom stereocenters. The van der Waals surface area contributed by atoms with Crippen molar-refractivity contribution >= 4 is 27.1 Å². The molecule has 7 heteroatoms. The number of nitrogens with zero attached hydrogens (tertiary/aromatic N) is 3. The molecule has 3 rings (SSSR count). The standard InChI is InChI=1S/C18H23N3O3S/c1-3-10-20(17-9-12-25(23,24)13-17)18(22)15-4-6-16(7-5-15)21-11-8-14(2)19-21/h3-7,17H,1,8-13H2,2H3/t17-/m1/s1. The smallest absolute Gasteiger partial charge is 0.254 e. The Morgan fingerprint density at radius 2 is 2.12 bits per heavy atom. The van der Waals surface area contributed by atoms with Crippen LogP contribution in [0.4, 0.5) is 5.69 Å². The first-order valence-electron chi connectivity index (χ1n) is 8.43. The number of sulfone groups is 1. The van der Waals surface area contributed by atoms with E-state index in [9.17, 15) is 13.2 Å². The normalized spacial score (nSPS) is 21.9. The van der Waals surface area contributed by atoms with Gasteiger partial charge in [0.1, 0.15) is 0 Å². The number of hydrogen-bond acceptors (Lipinski definition) is 5. The fourth-order valence-corrected chi connectivity index (χ4v) is 4.99. The van der Waals surface area contributed by atoms with Crippen LogP contribution < -0.4 is 5.01 Å². The SMILES string of the molecule is C=CCN(C(=O)c1ccc(N2CCC(C)=N2)cc1)[C@@H]1CCS(=O)(=O)C1. The molecule has 2 aliphatic heterocycles. The summed E-state index contributed by atoms with van der Waals surface area (Å²) in [5.74, 6) is 0.0191. The van der Waals surface area contributed by atoms with Crippen LogP contribution in [0.15, 0.2) is 42.0 Å². The summed E-state index contributed by atoms with van der Waals surface area (Å²) in [5, 5.41) is 6.38. The molecule has 0 saturated carbocycles. The molecule has 25 heavy (non-hydrogen) atoms. The van der Waals surface area contributed by atoms with Crippen molar-refractivity contribution in [2.75, 3.05) is 29.6 Å². The summed E-state index contributed by atoms with van der Waals surface area (Å²) in [7, 11) is -3.05. The van der Waals surface area contributed by atoms with E-state index >= 15 is 0 Å². The van der Waals surface area contributed by atoms with Gasteiger partial charge >= 0.3 is 0 Å². The molecule has 1 saturated heterocycles. The molecule has 134 valence electrons. The summed E-state index contributed by atoms with van der Waals surface area (Å²) in [6, 6.07) is 7.04. The van der Waals surface area contributed by atoms with Crippen LogP contribution in [0.25, 0.3) is 0 Å². The molecule has 6 nitrogen and oxygen atoms in total. The zero-order valence-electron chi connectivity index (χ0n) is 14.4. The van der Waals surface area contributed by atoms with Crippen molar-refractivity contribution in [2.24, 2.45) is 5.10 Å². The van der Waals surface area contributed by atoms with Crippen LogP contribution in [-0.4, -0.2) is 55.6 Å². The molecule has 1 aromatic rings. The first-order chi connectivity index (χ1) is 11.9. The first-order valence-corrected chi connectivity index (χ1v) is 10.3. The highest BCUT2D eigenvalue weighted by molar-refractivity contribution is 7.91. The van der Waals surface area contributed by atoms with E-state index in [2.05, 4.69) is 11.7 Å². The lowest BCUT2D eigenvalue weighted by Gasteiger charge is -2.27. The van der Waals surface area contributed by atoms with Gasteiger partial charge in [0.2, 0.25) is 0 Å². The molecule has 0 N–H and O–H groups in total. The van der Waals surface area contributed by atoms with Gasteiger partial charge < -0.3 is 4.90 Å². The molecule has 1 fully saturated rings. The summed E-state index contributed by atoms with van der Waals surface area (Å²) in [6.45, 7) is 6.89. The summed E-state index contributed by atoms with van der Waals surface area (Å²) >= 11 is 0. The Morgan fingerprint density at radius 3 is 2.64 bits per heavy atom. The van der Waals surface area contributed by atoms with Crippen LogP contribution in [0.5, 0.6) is 0 Å². The third kappa shape index (κ3) is 3.92. The van der Waals surface area contributed by atoms with Crippen LogP contribution in [0, 0.1) is 0 Å². The monoisotopic (exact) mass is 361 g/mol. The van der Waals surface area contributed by atoms with Gasteiger partial charge in [-0.25, -0.2) is 8.42 Å². The van der Waals surface area contributed by atoms with Gasteiger partial charge in [0, 0.05) is 36.8 Å². The summed E-state index contributed by atoms with van der Waals surface area (Å²) in [6.07, 6.45) is 3.07. The maximum Gasteiger partial charge on any atom is 0.254 e. The van der Waals surface area contributed by atoms with Gasteiger partial charge in [0.15, 0.2) is 9.84 Å². The quantitative estimate of drug-likeness (QED) is 0.753.